The Labute approximate surface area is 147 Å². The van der Waals surface area contributed by atoms with Crippen molar-refractivity contribution in [3.05, 3.63) is 48.2 Å². The molecule has 0 spiro atoms. The van der Waals surface area contributed by atoms with E-state index in [1.807, 2.05) is 36.2 Å². The van der Waals surface area contributed by atoms with Crippen LogP contribution in [0.5, 0.6) is 0 Å². The van der Waals surface area contributed by atoms with E-state index in [1.54, 1.807) is 4.90 Å². The third-order valence-electron chi connectivity index (χ3n) is 5.25. The quantitative estimate of drug-likeness (QED) is 0.793. The zero-order valence-electron chi connectivity index (χ0n) is 14.2. The minimum Gasteiger partial charge on any atom is -0.310 e. The monoisotopic (exact) mass is 332 g/mol. The van der Waals surface area contributed by atoms with Gasteiger partial charge in [-0.15, -0.1) is 0 Å². The summed E-state index contributed by atoms with van der Waals surface area (Å²) >= 11 is 0. The van der Waals surface area contributed by atoms with E-state index in [0.29, 0.717) is 19.6 Å². The molecule has 3 heterocycles. The first-order valence-electron chi connectivity index (χ1n) is 8.68. The molecule has 126 valence electrons. The molecule has 0 radical (unpaired) electrons. The number of nitriles is 1. The maximum absolute atomic E-state index is 13.0. The highest BCUT2D eigenvalue weighted by molar-refractivity contribution is 5.96. The van der Waals surface area contributed by atoms with E-state index in [1.165, 1.54) is 0 Å². The van der Waals surface area contributed by atoms with Gasteiger partial charge in [0, 0.05) is 31.4 Å². The van der Waals surface area contributed by atoms with Gasteiger partial charge in [-0.2, -0.15) is 5.26 Å². The standard InChI is InChI=1S/C20H20N4O/c1-14-11-23(13-21)12-18(14)20(25)24-8-7-16-9-17(10-22-19(16)24)15-5-3-2-4-6-15/h2-6,9-10,14,18H,7-8,11-12H2,1H3. The fourth-order valence-electron chi connectivity index (χ4n) is 3.84. The minimum atomic E-state index is -0.124. The van der Waals surface area contributed by atoms with Crippen LogP contribution in [-0.2, 0) is 11.2 Å². The molecule has 2 atom stereocenters. The first kappa shape index (κ1) is 15.6. The normalized spacial score (nSPS) is 21.9. The first-order chi connectivity index (χ1) is 12.2. The molecule has 1 saturated heterocycles. The smallest absolute Gasteiger partial charge is 0.233 e. The van der Waals surface area contributed by atoms with Crippen molar-refractivity contribution < 1.29 is 4.79 Å². The van der Waals surface area contributed by atoms with Crippen LogP contribution in [0.1, 0.15) is 12.5 Å². The third-order valence-corrected chi connectivity index (χ3v) is 5.25. The molecule has 0 aliphatic carbocycles. The highest BCUT2D eigenvalue weighted by atomic mass is 16.2. The lowest BCUT2D eigenvalue weighted by Crippen LogP contribution is -2.38. The molecule has 1 fully saturated rings. The third kappa shape index (κ3) is 2.74. The summed E-state index contributed by atoms with van der Waals surface area (Å²) in [6, 6.07) is 12.3. The number of carbonyl (C=O) groups is 1. The van der Waals surface area contributed by atoms with Crippen LogP contribution in [-0.4, -0.2) is 35.4 Å². The second-order valence-electron chi connectivity index (χ2n) is 6.90. The fourth-order valence-corrected chi connectivity index (χ4v) is 3.84. The number of nitrogens with zero attached hydrogens (tertiary/aromatic N) is 4. The van der Waals surface area contributed by atoms with Crippen LogP contribution >= 0.6 is 0 Å². The Morgan fingerprint density at radius 1 is 1.24 bits per heavy atom. The summed E-state index contributed by atoms with van der Waals surface area (Å²) in [5, 5.41) is 9.08. The van der Waals surface area contributed by atoms with E-state index in [2.05, 4.69) is 29.4 Å². The van der Waals surface area contributed by atoms with Gasteiger partial charge in [-0.3, -0.25) is 9.69 Å². The largest absolute Gasteiger partial charge is 0.310 e. The van der Waals surface area contributed by atoms with E-state index in [-0.39, 0.29) is 17.7 Å². The van der Waals surface area contributed by atoms with E-state index < -0.39 is 0 Å². The molecule has 2 aliphatic rings. The number of fused-ring (bicyclic) bond motifs is 1. The number of pyridine rings is 1. The van der Waals surface area contributed by atoms with E-state index in [9.17, 15) is 4.79 Å². The molecule has 2 unspecified atom stereocenters. The molecule has 4 rings (SSSR count). The van der Waals surface area contributed by atoms with Gasteiger partial charge in [-0.25, -0.2) is 4.98 Å². The molecule has 5 heteroatoms. The Bertz CT molecular complexity index is 843. The summed E-state index contributed by atoms with van der Waals surface area (Å²) in [7, 11) is 0. The number of hydrogen-bond donors (Lipinski definition) is 0. The maximum atomic E-state index is 13.0. The molecule has 0 N–H and O–H groups in total. The molecule has 1 aromatic carbocycles. The molecule has 0 saturated carbocycles. The van der Waals surface area contributed by atoms with Crippen LogP contribution in [0.4, 0.5) is 5.82 Å². The summed E-state index contributed by atoms with van der Waals surface area (Å²) in [6.07, 6.45) is 4.84. The molecule has 25 heavy (non-hydrogen) atoms. The zero-order chi connectivity index (χ0) is 17.4. The van der Waals surface area contributed by atoms with Crippen LogP contribution in [0, 0.1) is 23.3 Å². The Balaban J connectivity index is 1.58. The van der Waals surface area contributed by atoms with Crippen molar-refractivity contribution in [3.63, 3.8) is 0 Å². The van der Waals surface area contributed by atoms with E-state index >= 15 is 0 Å². The molecule has 5 nitrogen and oxygen atoms in total. The van der Waals surface area contributed by atoms with E-state index in [0.717, 1.165) is 28.9 Å². The number of amides is 1. The Hall–Kier alpha value is -2.87. The lowest BCUT2D eigenvalue weighted by atomic mass is 9.97. The first-order valence-corrected chi connectivity index (χ1v) is 8.68. The number of benzene rings is 1. The fraction of sp³-hybridized carbons (Fsp3) is 0.350. The van der Waals surface area contributed by atoms with Crippen molar-refractivity contribution in [3.8, 4) is 17.3 Å². The highest BCUT2D eigenvalue weighted by Gasteiger charge is 2.39. The summed E-state index contributed by atoms with van der Waals surface area (Å²) in [5.41, 5.74) is 3.34. The molecule has 2 aliphatic heterocycles. The van der Waals surface area contributed by atoms with Crippen molar-refractivity contribution in [1.82, 2.24) is 9.88 Å². The molecule has 2 aromatic rings. The summed E-state index contributed by atoms with van der Waals surface area (Å²) in [4.78, 5) is 21.1. The van der Waals surface area contributed by atoms with Crippen molar-refractivity contribution in [2.45, 2.75) is 13.3 Å². The second-order valence-corrected chi connectivity index (χ2v) is 6.90. The predicted molar refractivity (Wildman–Crippen MR) is 95.6 cm³/mol. The molecular formula is C20H20N4O. The molecule has 1 aromatic heterocycles. The van der Waals surface area contributed by atoms with Gasteiger partial charge in [-0.1, -0.05) is 37.3 Å². The van der Waals surface area contributed by atoms with Crippen molar-refractivity contribution in [2.24, 2.45) is 11.8 Å². The SMILES string of the molecule is CC1CN(C#N)CC1C(=O)N1CCc2cc(-c3ccccc3)cnc21. The predicted octanol–water partition coefficient (Wildman–Crippen LogP) is 2.69. The van der Waals surface area contributed by atoms with Crippen LogP contribution in [0.15, 0.2) is 42.6 Å². The van der Waals surface area contributed by atoms with Crippen molar-refractivity contribution >= 4 is 11.7 Å². The lowest BCUT2D eigenvalue weighted by molar-refractivity contribution is -0.122. The van der Waals surface area contributed by atoms with Crippen LogP contribution in [0.25, 0.3) is 11.1 Å². The Morgan fingerprint density at radius 2 is 2.04 bits per heavy atom. The van der Waals surface area contributed by atoms with E-state index in [4.69, 9.17) is 5.26 Å². The van der Waals surface area contributed by atoms with Gasteiger partial charge < -0.3 is 4.90 Å². The van der Waals surface area contributed by atoms with Gasteiger partial charge in [0.15, 0.2) is 6.19 Å². The highest BCUT2D eigenvalue weighted by Crippen LogP contribution is 2.33. The van der Waals surface area contributed by atoms with Gasteiger partial charge in [-0.05, 0) is 29.5 Å². The average molecular weight is 332 g/mol. The van der Waals surface area contributed by atoms with Crippen LogP contribution in [0.3, 0.4) is 0 Å². The lowest BCUT2D eigenvalue weighted by Gasteiger charge is -2.22. The molecule has 0 bridgehead atoms. The molecule has 1 amide bonds. The van der Waals surface area contributed by atoms with Gasteiger partial charge in [0.25, 0.3) is 0 Å². The number of likely N-dealkylation sites (tertiary alicyclic amines) is 1. The summed E-state index contributed by atoms with van der Waals surface area (Å²) < 4.78 is 0. The summed E-state index contributed by atoms with van der Waals surface area (Å²) in [6.45, 7) is 3.90. The number of hydrogen-bond acceptors (Lipinski definition) is 4. The number of anilines is 1. The van der Waals surface area contributed by atoms with Crippen LogP contribution < -0.4 is 4.90 Å². The summed E-state index contributed by atoms with van der Waals surface area (Å²) in [5.74, 6) is 0.956. The zero-order valence-corrected chi connectivity index (χ0v) is 14.2. The number of aromatic nitrogens is 1. The van der Waals surface area contributed by atoms with Crippen molar-refractivity contribution in [2.75, 3.05) is 24.5 Å². The Morgan fingerprint density at radius 3 is 2.76 bits per heavy atom. The van der Waals surface area contributed by atoms with Gasteiger partial charge >= 0.3 is 0 Å². The van der Waals surface area contributed by atoms with Gasteiger partial charge in [0.1, 0.15) is 5.82 Å². The maximum Gasteiger partial charge on any atom is 0.233 e. The van der Waals surface area contributed by atoms with Crippen LogP contribution in [0.2, 0.25) is 0 Å². The van der Waals surface area contributed by atoms with Gasteiger partial charge in [0.2, 0.25) is 5.91 Å². The number of carbonyl (C=O) groups excluding carboxylic acids is 1. The number of rotatable bonds is 2. The topological polar surface area (TPSA) is 60.2 Å². The second kappa shape index (κ2) is 6.21. The Kier molecular flexibility index (Phi) is 3.89. The van der Waals surface area contributed by atoms with Crippen molar-refractivity contribution in [1.29, 1.82) is 5.26 Å². The molecular weight excluding hydrogens is 312 g/mol. The average Bonchev–Trinajstić information content (AvgIpc) is 3.24. The minimum absolute atomic E-state index is 0.101. The van der Waals surface area contributed by atoms with Gasteiger partial charge in [0.05, 0.1) is 5.92 Å².